The average Bonchev–Trinajstić information content (AvgIpc) is 3.06. The minimum atomic E-state index is -0.230. The topological polar surface area (TPSA) is 71.3 Å². The van der Waals surface area contributed by atoms with Crippen LogP contribution < -0.4 is 10.6 Å². The van der Waals surface area contributed by atoms with Gasteiger partial charge in [-0.1, -0.05) is 30.3 Å². The van der Waals surface area contributed by atoms with Crippen LogP contribution in [0.2, 0.25) is 0 Å². The minimum absolute atomic E-state index is 0.122. The van der Waals surface area contributed by atoms with Crippen LogP contribution in [0.4, 0.5) is 5.69 Å². The van der Waals surface area contributed by atoms with Crippen molar-refractivity contribution >= 4 is 40.2 Å². The summed E-state index contributed by atoms with van der Waals surface area (Å²) in [6.45, 7) is 3.85. The first-order chi connectivity index (χ1) is 13.0. The van der Waals surface area contributed by atoms with E-state index in [9.17, 15) is 9.59 Å². The Morgan fingerprint density at radius 3 is 2.59 bits per heavy atom. The summed E-state index contributed by atoms with van der Waals surface area (Å²) >= 11 is 1.28. The number of aryl methyl sites for hydroxylation is 1. The van der Waals surface area contributed by atoms with Gasteiger partial charge in [0.25, 0.3) is 0 Å². The Morgan fingerprint density at radius 1 is 1.04 bits per heavy atom. The number of rotatable bonds is 7. The Labute approximate surface area is 162 Å². The van der Waals surface area contributed by atoms with Crippen molar-refractivity contribution < 1.29 is 14.0 Å². The van der Waals surface area contributed by atoms with E-state index in [1.165, 1.54) is 11.8 Å². The van der Waals surface area contributed by atoms with Crippen LogP contribution in [0.15, 0.2) is 59.0 Å². The van der Waals surface area contributed by atoms with Gasteiger partial charge >= 0.3 is 0 Å². The highest BCUT2D eigenvalue weighted by atomic mass is 32.2. The SMILES string of the molecule is Cc1cccc(NC(=O)CSCC(=O)NC(C)c2cc3ccccc3o2)c1. The monoisotopic (exact) mass is 382 g/mol. The fourth-order valence-electron chi connectivity index (χ4n) is 2.73. The molecule has 2 amide bonds. The van der Waals surface area contributed by atoms with E-state index >= 15 is 0 Å². The zero-order valence-corrected chi connectivity index (χ0v) is 16.1. The van der Waals surface area contributed by atoms with Gasteiger partial charge in [-0.25, -0.2) is 0 Å². The van der Waals surface area contributed by atoms with Gasteiger partial charge in [0.05, 0.1) is 17.5 Å². The van der Waals surface area contributed by atoms with Crippen molar-refractivity contribution in [2.75, 3.05) is 16.8 Å². The predicted molar refractivity (Wildman–Crippen MR) is 110 cm³/mol. The molecule has 6 heteroatoms. The number of thioether (sulfide) groups is 1. The van der Waals surface area contributed by atoms with Crippen LogP contribution >= 0.6 is 11.8 Å². The number of para-hydroxylation sites is 1. The number of nitrogens with one attached hydrogen (secondary N) is 2. The van der Waals surface area contributed by atoms with Crippen molar-refractivity contribution in [3.8, 4) is 0 Å². The Kier molecular flexibility index (Phi) is 6.19. The van der Waals surface area contributed by atoms with Gasteiger partial charge in [0, 0.05) is 11.1 Å². The van der Waals surface area contributed by atoms with Crippen LogP contribution in [0, 0.1) is 6.92 Å². The fourth-order valence-corrected chi connectivity index (χ4v) is 3.35. The Bertz CT molecular complexity index is 918. The molecule has 1 aromatic heterocycles. The van der Waals surface area contributed by atoms with E-state index in [1.807, 2.05) is 68.4 Å². The predicted octanol–water partition coefficient (Wildman–Crippen LogP) is 4.29. The van der Waals surface area contributed by atoms with Crippen LogP contribution in [0.3, 0.4) is 0 Å². The quantitative estimate of drug-likeness (QED) is 0.639. The van der Waals surface area contributed by atoms with Gasteiger partial charge in [0.2, 0.25) is 11.8 Å². The van der Waals surface area contributed by atoms with E-state index in [2.05, 4.69) is 10.6 Å². The molecule has 0 spiro atoms. The van der Waals surface area contributed by atoms with Crippen molar-refractivity contribution in [3.05, 3.63) is 65.9 Å². The van der Waals surface area contributed by atoms with Crippen LogP contribution in [-0.4, -0.2) is 23.3 Å². The van der Waals surface area contributed by atoms with Gasteiger partial charge < -0.3 is 15.1 Å². The summed E-state index contributed by atoms with van der Waals surface area (Å²) in [5, 5.41) is 6.74. The maximum absolute atomic E-state index is 12.1. The Hall–Kier alpha value is -2.73. The van der Waals surface area contributed by atoms with Crippen LogP contribution in [0.5, 0.6) is 0 Å². The molecule has 5 nitrogen and oxygen atoms in total. The van der Waals surface area contributed by atoms with Gasteiger partial charge in [-0.2, -0.15) is 0 Å². The van der Waals surface area contributed by atoms with Crippen molar-refractivity contribution in [1.29, 1.82) is 0 Å². The number of carbonyl (C=O) groups is 2. The first-order valence-electron chi connectivity index (χ1n) is 8.73. The summed E-state index contributed by atoms with van der Waals surface area (Å²) in [4.78, 5) is 24.1. The lowest BCUT2D eigenvalue weighted by atomic mass is 10.2. The van der Waals surface area contributed by atoms with Gasteiger partial charge in [-0.15, -0.1) is 11.8 Å². The first kappa shape index (κ1) is 19.0. The van der Waals surface area contributed by atoms with E-state index in [1.54, 1.807) is 0 Å². The Balaban J connectivity index is 1.43. The van der Waals surface area contributed by atoms with Gasteiger partial charge in [0.15, 0.2) is 0 Å². The summed E-state index contributed by atoms with van der Waals surface area (Å²) in [5.41, 5.74) is 2.65. The standard InChI is InChI=1S/C21H22N2O3S/c1-14-6-5-8-17(10-14)23-21(25)13-27-12-20(24)22-15(2)19-11-16-7-3-4-9-18(16)26-19/h3-11,15H,12-13H2,1-2H3,(H,22,24)(H,23,25). The maximum atomic E-state index is 12.1. The molecule has 0 saturated heterocycles. The lowest BCUT2D eigenvalue weighted by Gasteiger charge is -2.11. The number of anilines is 1. The number of fused-ring (bicyclic) bond motifs is 1. The van der Waals surface area contributed by atoms with E-state index in [0.717, 1.165) is 22.2 Å². The zero-order chi connectivity index (χ0) is 19.2. The average molecular weight is 382 g/mol. The number of amides is 2. The van der Waals surface area contributed by atoms with Crippen molar-refractivity contribution in [3.63, 3.8) is 0 Å². The summed E-state index contributed by atoms with van der Waals surface area (Å²) in [6, 6.07) is 17.1. The second kappa shape index (κ2) is 8.77. The molecular weight excluding hydrogens is 360 g/mol. The minimum Gasteiger partial charge on any atom is -0.459 e. The molecule has 0 saturated carbocycles. The molecule has 0 aliphatic rings. The van der Waals surface area contributed by atoms with Crippen molar-refractivity contribution in [2.24, 2.45) is 0 Å². The largest absolute Gasteiger partial charge is 0.459 e. The summed E-state index contributed by atoms with van der Waals surface area (Å²) < 4.78 is 5.76. The first-order valence-corrected chi connectivity index (χ1v) is 9.89. The van der Waals surface area contributed by atoms with E-state index in [4.69, 9.17) is 4.42 Å². The molecule has 2 aromatic carbocycles. The number of furan rings is 1. The lowest BCUT2D eigenvalue weighted by Crippen LogP contribution is -2.28. The van der Waals surface area contributed by atoms with Gasteiger partial charge in [0.1, 0.15) is 11.3 Å². The van der Waals surface area contributed by atoms with Crippen LogP contribution in [0.25, 0.3) is 11.0 Å². The lowest BCUT2D eigenvalue weighted by molar-refractivity contribution is -0.119. The smallest absolute Gasteiger partial charge is 0.234 e. The maximum Gasteiger partial charge on any atom is 0.234 e. The van der Waals surface area contributed by atoms with E-state index in [0.29, 0.717) is 5.76 Å². The van der Waals surface area contributed by atoms with E-state index < -0.39 is 0 Å². The Morgan fingerprint density at radius 2 is 1.81 bits per heavy atom. The highest BCUT2D eigenvalue weighted by molar-refractivity contribution is 8.00. The molecular formula is C21H22N2O3S. The summed E-state index contributed by atoms with van der Waals surface area (Å²) in [6.07, 6.45) is 0. The number of benzene rings is 2. The molecule has 1 heterocycles. The highest BCUT2D eigenvalue weighted by Crippen LogP contribution is 2.23. The molecule has 0 aliphatic carbocycles. The number of hydrogen-bond donors (Lipinski definition) is 2. The zero-order valence-electron chi connectivity index (χ0n) is 15.3. The highest BCUT2D eigenvalue weighted by Gasteiger charge is 2.14. The third-order valence-electron chi connectivity index (χ3n) is 4.02. The summed E-state index contributed by atoms with van der Waals surface area (Å²) in [7, 11) is 0. The normalized spacial score (nSPS) is 11.9. The second-order valence-electron chi connectivity index (χ2n) is 6.39. The molecule has 1 unspecified atom stereocenters. The molecule has 0 fully saturated rings. The molecule has 1 atom stereocenters. The molecule has 0 aliphatic heterocycles. The third-order valence-corrected chi connectivity index (χ3v) is 4.95. The van der Waals surface area contributed by atoms with Crippen LogP contribution in [-0.2, 0) is 9.59 Å². The number of hydrogen-bond acceptors (Lipinski definition) is 4. The van der Waals surface area contributed by atoms with Gasteiger partial charge in [-0.05, 0) is 43.7 Å². The van der Waals surface area contributed by atoms with Crippen molar-refractivity contribution in [1.82, 2.24) is 5.32 Å². The van der Waals surface area contributed by atoms with E-state index in [-0.39, 0.29) is 29.4 Å². The third kappa shape index (κ3) is 5.37. The van der Waals surface area contributed by atoms with Crippen LogP contribution in [0.1, 0.15) is 24.3 Å². The molecule has 3 rings (SSSR count). The molecule has 0 radical (unpaired) electrons. The summed E-state index contributed by atoms with van der Waals surface area (Å²) in [5.74, 6) is 0.901. The number of carbonyl (C=O) groups excluding carboxylic acids is 2. The molecule has 27 heavy (non-hydrogen) atoms. The van der Waals surface area contributed by atoms with Crippen molar-refractivity contribution in [2.45, 2.75) is 19.9 Å². The fraction of sp³-hybridized carbons (Fsp3) is 0.238. The second-order valence-corrected chi connectivity index (χ2v) is 7.37. The molecule has 140 valence electrons. The molecule has 0 bridgehead atoms. The van der Waals surface area contributed by atoms with Gasteiger partial charge in [-0.3, -0.25) is 9.59 Å². The molecule has 3 aromatic rings. The molecule has 2 N–H and O–H groups in total.